The van der Waals surface area contributed by atoms with Gasteiger partial charge in [0.2, 0.25) is 5.95 Å². The van der Waals surface area contributed by atoms with E-state index in [-0.39, 0.29) is 0 Å². The second kappa shape index (κ2) is 9.03. The Bertz CT molecular complexity index is 1170. The Morgan fingerprint density at radius 1 is 0.967 bits per heavy atom. The fraction of sp³-hybridized carbons (Fsp3) is 0.0952. The van der Waals surface area contributed by atoms with Crippen LogP contribution in [0.25, 0.3) is 22.6 Å². The number of halogens is 1. The average molecular weight is 417 g/mol. The van der Waals surface area contributed by atoms with Crippen molar-refractivity contribution in [2.45, 2.75) is 0 Å². The van der Waals surface area contributed by atoms with Crippen molar-refractivity contribution in [1.82, 2.24) is 24.9 Å². The van der Waals surface area contributed by atoms with Crippen LogP contribution >= 0.6 is 11.6 Å². The fourth-order valence-corrected chi connectivity index (χ4v) is 3.07. The molecule has 0 atom stereocenters. The number of aromatic amines is 1. The molecule has 0 aliphatic rings. The molecule has 0 amide bonds. The van der Waals surface area contributed by atoms with Gasteiger partial charge in [0, 0.05) is 48.5 Å². The van der Waals surface area contributed by atoms with Crippen LogP contribution in [-0.4, -0.2) is 38.0 Å². The number of imidazole rings is 1. The van der Waals surface area contributed by atoms with E-state index < -0.39 is 0 Å². The number of aromatic nitrogens is 5. The summed E-state index contributed by atoms with van der Waals surface area (Å²) in [6.07, 6.45) is 6.69. The van der Waals surface area contributed by atoms with Crippen molar-refractivity contribution in [2.75, 3.05) is 23.7 Å². The van der Waals surface area contributed by atoms with Crippen LogP contribution < -0.4 is 10.6 Å². The first kappa shape index (κ1) is 19.4. The van der Waals surface area contributed by atoms with Crippen molar-refractivity contribution in [3.05, 3.63) is 71.8 Å². The number of anilines is 2. The van der Waals surface area contributed by atoms with Gasteiger partial charge in [-0.1, -0.05) is 29.8 Å². The molecule has 0 aliphatic carbocycles. The van der Waals surface area contributed by atoms with Crippen molar-refractivity contribution in [2.24, 2.45) is 0 Å². The zero-order chi connectivity index (χ0) is 20.8. The molecule has 148 valence electrons. The number of nitrogens with zero attached hydrogens (tertiary/aromatic N) is 5. The molecule has 1 aromatic carbocycles. The molecule has 3 N–H and O–H groups in total. The van der Waals surface area contributed by atoms with Crippen LogP contribution in [0.4, 0.5) is 11.8 Å². The van der Waals surface area contributed by atoms with Crippen molar-refractivity contribution in [3.8, 4) is 28.7 Å². The lowest BCUT2D eigenvalue weighted by atomic mass is 10.1. The van der Waals surface area contributed by atoms with Crippen LogP contribution in [-0.2, 0) is 0 Å². The maximum Gasteiger partial charge on any atom is 0.223 e. The van der Waals surface area contributed by atoms with Crippen molar-refractivity contribution >= 4 is 23.4 Å². The number of nitrogens with one attached hydrogen (secondary N) is 3. The number of hydrogen-bond acceptors (Lipinski definition) is 7. The predicted octanol–water partition coefficient (Wildman–Crippen LogP) is 3.98. The van der Waals surface area contributed by atoms with Gasteiger partial charge in [0.1, 0.15) is 17.7 Å². The lowest BCUT2D eigenvalue weighted by molar-refractivity contribution is 1.02. The van der Waals surface area contributed by atoms with Crippen LogP contribution in [0.3, 0.4) is 0 Å². The SMILES string of the molecule is N#Cc1ccc(NCCNc2ncc(-c3ncc[nH]3)c(-c3ccccc3Cl)n2)nc1. The van der Waals surface area contributed by atoms with E-state index in [1.54, 1.807) is 30.7 Å². The Kier molecular flexibility index (Phi) is 5.83. The first-order chi connectivity index (χ1) is 14.7. The highest BCUT2D eigenvalue weighted by atomic mass is 35.5. The molecular weight excluding hydrogens is 400 g/mol. The van der Waals surface area contributed by atoms with Gasteiger partial charge < -0.3 is 15.6 Å². The molecule has 9 heteroatoms. The summed E-state index contributed by atoms with van der Waals surface area (Å²) in [4.78, 5) is 20.7. The second-order valence-corrected chi connectivity index (χ2v) is 6.68. The number of pyridine rings is 1. The summed E-state index contributed by atoms with van der Waals surface area (Å²) in [5.41, 5.74) is 2.78. The van der Waals surface area contributed by atoms with Gasteiger partial charge >= 0.3 is 0 Å². The van der Waals surface area contributed by atoms with Crippen LogP contribution in [0, 0.1) is 11.3 Å². The molecule has 0 aliphatic heterocycles. The first-order valence-corrected chi connectivity index (χ1v) is 9.58. The minimum absolute atomic E-state index is 0.481. The van der Waals surface area contributed by atoms with Crippen LogP contribution in [0.1, 0.15) is 5.56 Å². The number of nitriles is 1. The highest BCUT2D eigenvalue weighted by Gasteiger charge is 2.15. The zero-order valence-corrected chi connectivity index (χ0v) is 16.6. The molecule has 0 spiro atoms. The van der Waals surface area contributed by atoms with E-state index in [2.05, 4.69) is 35.6 Å². The summed E-state index contributed by atoms with van der Waals surface area (Å²) in [6.45, 7) is 1.17. The monoisotopic (exact) mass is 416 g/mol. The molecule has 8 nitrogen and oxygen atoms in total. The third-order valence-corrected chi connectivity index (χ3v) is 4.61. The molecule has 4 aromatic rings. The molecule has 30 heavy (non-hydrogen) atoms. The third-order valence-electron chi connectivity index (χ3n) is 4.28. The predicted molar refractivity (Wildman–Crippen MR) is 116 cm³/mol. The minimum Gasteiger partial charge on any atom is -0.368 e. The van der Waals surface area contributed by atoms with E-state index in [9.17, 15) is 0 Å². The van der Waals surface area contributed by atoms with E-state index in [0.717, 1.165) is 11.1 Å². The Balaban J connectivity index is 1.49. The van der Waals surface area contributed by atoms with Gasteiger partial charge in [-0.3, -0.25) is 0 Å². The molecule has 0 unspecified atom stereocenters. The zero-order valence-electron chi connectivity index (χ0n) is 15.8. The molecule has 0 saturated heterocycles. The molecule has 3 aromatic heterocycles. The largest absolute Gasteiger partial charge is 0.368 e. The van der Waals surface area contributed by atoms with Crippen molar-refractivity contribution in [1.29, 1.82) is 5.26 Å². The average Bonchev–Trinajstić information content (AvgIpc) is 3.32. The molecule has 0 bridgehead atoms. The molecule has 3 heterocycles. The summed E-state index contributed by atoms with van der Waals surface area (Å²) in [6, 6.07) is 13.1. The fourth-order valence-electron chi connectivity index (χ4n) is 2.84. The minimum atomic E-state index is 0.481. The van der Waals surface area contributed by atoms with Gasteiger partial charge in [0.05, 0.1) is 16.8 Å². The second-order valence-electron chi connectivity index (χ2n) is 6.27. The van der Waals surface area contributed by atoms with Crippen LogP contribution in [0.15, 0.2) is 61.2 Å². The van der Waals surface area contributed by atoms with Crippen LogP contribution in [0.2, 0.25) is 5.02 Å². The van der Waals surface area contributed by atoms with E-state index in [1.807, 2.05) is 30.3 Å². The maximum atomic E-state index is 8.82. The summed E-state index contributed by atoms with van der Waals surface area (Å²) < 4.78 is 0. The highest BCUT2D eigenvalue weighted by molar-refractivity contribution is 6.33. The van der Waals surface area contributed by atoms with Gasteiger partial charge in [-0.2, -0.15) is 5.26 Å². The van der Waals surface area contributed by atoms with E-state index in [1.165, 1.54) is 6.20 Å². The smallest absolute Gasteiger partial charge is 0.223 e. The molecular formula is C21H17ClN8. The van der Waals surface area contributed by atoms with Gasteiger partial charge in [-0.25, -0.2) is 19.9 Å². The van der Waals surface area contributed by atoms with Gasteiger partial charge in [0.25, 0.3) is 0 Å². The third kappa shape index (κ3) is 4.37. The van der Waals surface area contributed by atoms with Crippen molar-refractivity contribution < 1.29 is 0 Å². The summed E-state index contributed by atoms with van der Waals surface area (Å²) in [5.74, 6) is 1.85. The van der Waals surface area contributed by atoms with Crippen molar-refractivity contribution in [3.63, 3.8) is 0 Å². The lowest BCUT2D eigenvalue weighted by Gasteiger charge is -2.12. The van der Waals surface area contributed by atoms with E-state index in [0.29, 0.717) is 47.0 Å². The van der Waals surface area contributed by atoms with E-state index in [4.69, 9.17) is 16.9 Å². The maximum absolute atomic E-state index is 8.82. The first-order valence-electron chi connectivity index (χ1n) is 9.20. The molecule has 4 rings (SSSR count). The molecule has 0 radical (unpaired) electrons. The topological polar surface area (TPSA) is 115 Å². The lowest BCUT2D eigenvalue weighted by Crippen LogP contribution is -2.16. The Hall–Kier alpha value is -3.96. The Labute approximate surface area is 178 Å². The quantitative estimate of drug-likeness (QED) is 0.390. The normalized spacial score (nSPS) is 10.4. The summed E-state index contributed by atoms with van der Waals surface area (Å²) >= 11 is 6.41. The number of benzene rings is 1. The summed E-state index contributed by atoms with van der Waals surface area (Å²) in [7, 11) is 0. The highest BCUT2D eigenvalue weighted by Crippen LogP contribution is 2.33. The summed E-state index contributed by atoms with van der Waals surface area (Å²) in [5, 5.41) is 15.8. The van der Waals surface area contributed by atoms with Gasteiger partial charge in [-0.05, 0) is 18.2 Å². The standard InChI is InChI=1S/C21H17ClN8/c22-17-4-2-1-3-15(17)19-16(20-25-8-9-26-20)13-29-21(30-19)27-10-7-24-18-6-5-14(11-23)12-28-18/h1-6,8-9,12-13H,7,10H2,(H,24,28)(H,25,26)(H,27,29,30). The number of rotatable bonds is 7. The van der Waals surface area contributed by atoms with Crippen LogP contribution in [0.5, 0.6) is 0 Å². The molecule has 0 fully saturated rings. The van der Waals surface area contributed by atoms with Gasteiger partial charge in [0.15, 0.2) is 0 Å². The Morgan fingerprint density at radius 2 is 1.83 bits per heavy atom. The van der Waals surface area contributed by atoms with Gasteiger partial charge in [-0.15, -0.1) is 0 Å². The molecule has 0 saturated carbocycles. The Morgan fingerprint density at radius 3 is 2.57 bits per heavy atom. The number of hydrogen-bond donors (Lipinski definition) is 3. The van der Waals surface area contributed by atoms with E-state index >= 15 is 0 Å². The number of H-pyrrole nitrogens is 1.